The number of likely N-dealkylation sites (tertiary alicyclic amines) is 1. The zero-order chi connectivity index (χ0) is 13.1. The summed E-state index contributed by atoms with van der Waals surface area (Å²) in [4.78, 5) is 13.5. The highest BCUT2D eigenvalue weighted by Gasteiger charge is 2.27. The molecule has 0 aromatic heterocycles. The van der Waals surface area contributed by atoms with Gasteiger partial charge in [0, 0.05) is 4.47 Å². The molecule has 1 aromatic carbocycles. The van der Waals surface area contributed by atoms with Crippen LogP contribution in [0.4, 0.5) is 0 Å². The Balaban J connectivity index is 2.12. The summed E-state index contributed by atoms with van der Waals surface area (Å²) >= 11 is 3.46. The third kappa shape index (κ3) is 3.12. The van der Waals surface area contributed by atoms with Crippen molar-refractivity contribution in [2.45, 2.75) is 32.2 Å². The number of benzene rings is 1. The molecule has 98 valence electrons. The van der Waals surface area contributed by atoms with Crippen LogP contribution in [-0.4, -0.2) is 35.1 Å². The van der Waals surface area contributed by atoms with Gasteiger partial charge in [-0.1, -0.05) is 28.1 Å². The monoisotopic (exact) mass is 311 g/mol. The Bertz CT molecular complexity index is 441. The lowest BCUT2D eigenvalue weighted by molar-refractivity contribution is -0.142. The van der Waals surface area contributed by atoms with E-state index in [4.69, 9.17) is 0 Å². The van der Waals surface area contributed by atoms with Crippen LogP contribution >= 0.6 is 15.9 Å². The maximum absolute atomic E-state index is 11.4. The Morgan fingerprint density at radius 3 is 2.67 bits per heavy atom. The molecule has 1 aliphatic rings. The van der Waals surface area contributed by atoms with E-state index in [0.29, 0.717) is 6.42 Å². The number of nitrogens with zero attached hydrogens (tertiary/aromatic N) is 1. The van der Waals surface area contributed by atoms with Crippen molar-refractivity contribution in [1.82, 2.24) is 4.90 Å². The number of carboxylic acid groups (broad SMARTS) is 1. The third-order valence-electron chi connectivity index (χ3n) is 3.52. The topological polar surface area (TPSA) is 40.5 Å². The lowest BCUT2D eigenvalue weighted by atomic mass is 10.0. The van der Waals surface area contributed by atoms with Crippen molar-refractivity contribution < 1.29 is 9.90 Å². The first-order valence-corrected chi connectivity index (χ1v) is 7.09. The van der Waals surface area contributed by atoms with Crippen molar-refractivity contribution in [3.8, 4) is 0 Å². The summed E-state index contributed by atoms with van der Waals surface area (Å²) < 4.78 is 1.07. The fourth-order valence-electron chi connectivity index (χ4n) is 2.48. The molecule has 4 heteroatoms. The first-order chi connectivity index (χ1) is 8.58. The zero-order valence-electron chi connectivity index (χ0n) is 10.5. The van der Waals surface area contributed by atoms with Crippen LogP contribution in [0.25, 0.3) is 0 Å². The summed E-state index contributed by atoms with van der Waals surface area (Å²) in [5.74, 6) is -0.711. The van der Waals surface area contributed by atoms with Gasteiger partial charge in [0.25, 0.3) is 0 Å². The molecule has 1 atom stereocenters. The molecule has 1 N–H and O–H groups in total. The molecule has 0 amide bonds. The van der Waals surface area contributed by atoms with Gasteiger partial charge in [-0.15, -0.1) is 0 Å². The Kier molecular flexibility index (Phi) is 4.40. The number of aryl methyl sites for hydroxylation is 1. The van der Waals surface area contributed by atoms with Gasteiger partial charge < -0.3 is 5.11 Å². The minimum atomic E-state index is -0.711. The van der Waals surface area contributed by atoms with E-state index in [1.165, 1.54) is 0 Å². The van der Waals surface area contributed by atoms with Crippen LogP contribution in [0.1, 0.15) is 24.0 Å². The van der Waals surface area contributed by atoms with E-state index >= 15 is 0 Å². The molecule has 1 unspecified atom stereocenters. The van der Waals surface area contributed by atoms with Crippen LogP contribution < -0.4 is 0 Å². The Morgan fingerprint density at radius 2 is 2.11 bits per heavy atom. The van der Waals surface area contributed by atoms with E-state index in [9.17, 15) is 9.90 Å². The molecule has 1 heterocycles. The highest BCUT2D eigenvalue weighted by Crippen LogP contribution is 2.20. The highest BCUT2D eigenvalue weighted by atomic mass is 79.9. The van der Waals surface area contributed by atoms with Crippen molar-refractivity contribution >= 4 is 21.9 Å². The lowest BCUT2D eigenvalue weighted by Gasteiger charge is -2.23. The molecule has 2 rings (SSSR count). The highest BCUT2D eigenvalue weighted by molar-refractivity contribution is 9.10. The van der Waals surface area contributed by atoms with Crippen molar-refractivity contribution in [2.75, 3.05) is 13.1 Å². The second-order valence-corrected chi connectivity index (χ2v) is 5.74. The molecule has 18 heavy (non-hydrogen) atoms. The summed E-state index contributed by atoms with van der Waals surface area (Å²) in [5, 5.41) is 9.37. The number of carbonyl (C=O) groups is 1. The average molecular weight is 312 g/mol. The standard InChI is InChI=1S/C14H18BrNO2/c1-10-8-11(4-5-12(10)15)9-13(14(17)18)16-6-2-3-7-16/h4-5,8,13H,2-3,6-7,9H2,1H3,(H,17,18). The van der Waals surface area contributed by atoms with Crippen molar-refractivity contribution in [3.63, 3.8) is 0 Å². The summed E-state index contributed by atoms with van der Waals surface area (Å²) in [6, 6.07) is 5.68. The number of halogens is 1. The molecule has 0 aliphatic carbocycles. The van der Waals surface area contributed by atoms with Gasteiger partial charge in [0.1, 0.15) is 6.04 Å². The van der Waals surface area contributed by atoms with Crippen molar-refractivity contribution in [3.05, 3.63) is 33.8 Å². The van der Waals surface area contributed by atoms with Crippen molar-refractivity contribution in [2.24, 2.45) is 0 Å². The van der Waals surface area contributed by atoms with Crippen LogP contribution in [0.5, 0.6) is 0 Å². The van der Waals surface area contributed by atoms with Gasteiger partial charge in [0.2, 0.25) is 0 Å². The summed E-state index contributed by atoms with van der Waals surface area (Å²) in [6.45, 7) is 3.85. The predicted octanol–water partition coefficient (Wildman–Crippen LogP) is 2.85. The summed E-state index contributed by atoms with van der Waals surface area (Å²) in [5.41, 5.74) is 2.24. The smallest absolute Gasteiger partial charge is 0.321 e. The first kappa shape index (κ1) is 13.6. The maximum Gasteiger partial charge on any atom is 0.321 e. The number of aliphatic carboxylic acids is 1. The number of hydrogen-bond acceptors (Lipinski definition) is 2. The minimum Gasteiger partial charge on any atom is -0.480 e. The van der Waals surface area contributed by atoms with E-state index < -0.39 is 5.97 Å². The van der Waals surface area contributed by atoms with Crippen LogP contribution in [0.2, 0.25) is 0 Å². The Labute approximate surface area is 116 Å². The predicted molar refractivity (Wildman–Crippen MR) is 74.8 cm³/mol. The van der Waals surface area contributed by atoms with E-state index in [1.807, 2.05) is 19.1 Å². The fraction of sp³-hybridized carbons (Fsp3) is 0.500. The number of carboxylic acids is 1. The van der Waals surface area contributed by atoms with E-state index in [0.717, 1.165) is 41.5 Å². The molecular formula is C14H18BrNO2. The van der Waals surface area contributed by atoms with Gasteiger partial charge in [0.05, 0.1) is 0 Å². The van der Waals surface area contributed by atoms with E-state index in [1.54, 1.807) is 0 Å². The van der Waals surface area contributed by atoms with Gasteiger partial charge in [-0.05, 0) is 56.5 Å². The van der Waals surface area contributed by atoms with Gasteiger partial charge in [-0.2, -0.15) is 0 Å². The molecule has 0 spiro atoms. The van der Waals surface area contributed by atoms with E-state index in [2.05, 4.69) is 26.9 Å². The van der Waals surface area contributed by atoms with Crippen LogP contribution in [0, 0.1) is 6.92 Å². The summed E-state index contributed by atoms with van der Waals surface area (Å²) in [6.07, 6.45) is 2.82. The largest absolute Gasteiger partial charge is 0.480 e. The molecular weight excluding hydrogens is 294 g/mol. The Hall–Kier alpha value is -0.870. The van der Waals surface area contributed by atoms with E-state index in [-0.39, 0.29) is 6.04 Å². The molecule has 3 nitrogen and oxygen atoms in total. The molecule has 0 saturated carbocycles. The first-order valence-electron chi connectivity index (χ1n) is 6.30. The zero-order valence-corrected chi connectivity index (χ0v) is 12.1. The van der Waals surface area contributed by atoms with Crippen molar-refractivity contribution in [1.29, 1.82) is 0 Å². The molecule has 0 bridgehead atoms. The number of rotatable bonds is 4. The van der Waals surface area contributed by atoms with Crippen LogP contribution in [0.15, 0.2) is 22.7 Å². The normalized spacial score (nSPS) is 17.9. The second-order valence-electron chi connectivity index (χ2n) is 4.88. The molecule has 1 saturated heterocycles. The molecule has 1 aliphatic heterocycles. The molecule has 1 fully saturated rings. The minimum absolute atomic E-state index is 0.381. The average Bonchev–Trinajstić information content (AvgIpc) is 2.83. The van der Waals surface area contributed by atoms with Gasteiger partial charge in [-0.25, -0.2) is 0 Å². The third-order valence-corrected chi connectivity index (χ3v) is 4.41. The van der Waals surface area contributed by atoms with Crippen LogP contribution in [0.3, 0.4) is 0 Å². The van der Waals surface area contributed by atoms with Crippen LogP contribution in [-0.2, 0) is 11.2 Å². The fourth-order valence-corrected chi connectivity index (χ4v) is 2.73. The summed E-state index contributed by atoms with van der Waals surface area (Å²) in [7, 11) is 0. The number of hydrogen-bond donors (Lipinski definition) is 1. The lowest BCUT2D eigenvalue weighted by Crippen LogP contribution is -2.40. The van der Waals surface area contributed by atoms with Gasteiger partial charge in [-0.3, -0.25) is 9.69 Å². The second kappa shape index (κ2) is 5.85. The van der Waals surface area contributed by atoms with Gasteiger partial charge >= 0.3 is 5.97 Å². The Morgan fingerprint density at radius 1 is 1.44 bits per heavy atom. The SMILES string of the molecule is Cc1cc(CC(C(=O)O)N2CCCC2)ccc1Br. The molecule has 1 aromatic rings. The van der Waals surface area contributed by atoms with Gasteiger partial charge in [0.15, 0.2) is 0 Å². The maximum atomic E-state index is 11.4. The molecule has 0 radical (unpaired) electrons. The quantitative estimate of drug-likeness (QED) is 0.929.